The van der Waals surface area contributed by atoms with Crippen molar-refractivity contribution in [2.24, 2.45) is 5.92 Å². The van der Waals surface area contributed by atoms with E-state index in [1.165, 1.54) is 24.3 Å². The molecule has 1 aromatic heterocycles. The molecule has 3 fully saturated rings. The van der Waals surface area contributed by atoms with Crippen molar-refractivity contribution in [1.29, 1.82) is 0 Å². The van der Waals surface area contributed by atoms with Crippen LogP contribution in [0.2, 0.25) is 0 Å². The average Bonchev–Trinajstić information content (AvgIpc) is 2.75. The zero-order valence-corrected chi connectivity index (χ0v) is 17.7. The van der Waals surface area contributed by atoms with Crippen molar-refractivity contribution in [2.45, 2.75) is 56.8 Å². The third-order valence-corrected chi connectivity index (χ3v) is 8.33. The highest BCUT2D eigenvalue weighted by Gasteiger charge is 2.38. The van der Waals surface area contributed by atoms with Crippen molar-refractivity contribution in [3.8, 4) is 0 Å². The quantitative estimate of drug-likeness (QED) is 0.740. The Kier molecular flexibility index (Phi) is 5.45. The zero-order chi connectivity index (χ0) is 20.0. The summed E-state index contributed by atoms with van der Waals surface area (Å²) >= 11 is 2.06. The number of fused-ring (bicyclic) bond motifs is 4. The lowest BCUT2D eigenvalue weighted by Crippen LogP contribution is -2.52. The van der Waals surface area contributed by atoms with Gasteiger partial charge in [0.05, 0.1) is 0 Å². The van der Waals surface area contributed by atoms with E-state index >= 15 is 0 Å². The van der Waals surface area contributed by atoms with E-state index in [1.807, 2.05) is 10.6 Å². The molecular weight excluding hydrogens is 389 g/mol. The summed E-state index contributed by atoms with van der Waals surface area (Å²) < 4.78 is 15.3. The smallest absolute Gasteiger partial charge is 0.263 e. The van der Waals surface area contributed by atoms with Crippen LogP contribution in [0.25, 0.3) is 0 Å². The van der Waals surface area contributed by atoms with E-state index in [9.17, 15) is 14.0 Å². The number of hydrogen-bond acceptors (Lipinski definition) is 4. The summed E-state index contributed by atoms with van der Waals surface area (Å²) in [4.78, 5) is 30.4. The number of rotatable bonds is 2. The molecule has 4 aliphatic heterocycles. The molecule has 0 saturated carbocycles. The van der Waals surface area contributed by atoms with Crippen LogP contribution in [-0.4, -0.2) is 70.2 Å². The lowest BCUT2D eigenvalue weighted by molar-refractivity contribution is 0.0657. The Morgan fingerprint density at radius 3 is 2.55 bits per heavy atom. The van der Waals surface area contributed by atoms with Gasteiger partial charge in [0, 0.05) is 50.4 Å². The van der Waals surface area contributed by atoms with Crippen LogP contribution in [0.1, 0.15) is 54.1 Å². The van der Waals surface area contributed by atoms with Crippen molar-refractivity contribution in [3.63, 3.8) is 0 Å². The summed E-state index contributed by atoms with van der Waals surface area (Å²) in [6.45, 7) is 3.63. The van der Waals surface area contributed by atoms with E-state index < -0.39 is 6.17 Å². The predicted octanol–water partition coefficient (Wildman–Crippen LogP) is 2.74. The normalized spacial score (nSPS) is 28.9. The molecular formula is C22H30FN3O2S. The van der Waals surface area contributed by atoms with E-state index in [0.29, 0.717) is 43.8 Å². The Bertz CT molecular complexity index is 830. The molecule has 29 heavy (non-hydrogen) atoms. The largest absolute Gasteiger partial charge is 0.338 e. The highest BCUT2D eigenvalue weighted by atomic mass is 32.2. The van der Waals surface area contributed by atoms with Gasteiger partial charge >= 0.3 is 0 Å². The third-order valence-electron chi connectivity index (χ3n) is 7.28. The van der Waals surface area contributed by atoms with Crippen LogP contribution in [0, 0.1) is 5.92 Å². The first-order chi connectivity index (χ1) is 14.1. The van der Waals surface area contributed by atoms with Crippen LogP contribution in [0.5, 0.6) is 0 Å². The fourth-order valence-corrected chi connectivity index (χ4v) is 6.80. The summed E-state index contributed by atoms with van der Waals surface area (Å²) in [5, 5.41) is 0. The first kappa shape index (κ1) is 19.6. The number of carbonyl (C=O) groups excluding carboxylic acids is 1. The monoisotopic (exact) mass is 419 g/mol. The van der Waals surface area contributed by atoms with Crippen LogP contribution in [-0.2, 0) is 6.54 Å². The molecule has 0 unspecified atom stereocenters. The maximum atomic E-state index is 13.4. The van der Waals surface area contributed by atoms with Crippen molar-refractivity contribution in [2.75, 3.05) is 37.7 Å². The molecule has 5 heterocycles. The molecule has 0 aromatic carbocycles. The lowest BCUT2D eigenvalue weighted by Gasteiger charge is -2.46. The number of aromatic nitrogens is 1. The first-order valence-corrected chi connectivity index (χ1v) is 12.2. The van der Waals surface area contributed by atoms with E-state index in [0.717, 1.165) is 31.7 Å². The first-order valence-electron chi connectivity index (χ1n) is 11.1. The fourth-order valence-electron chi connectivity index (χ4n) is 5.72. The summed E-state index contributed by atoms with van der Waals surface area (Å²) in [6, 6.07) is 4.44. The summed E-state index contributed by atoms with van der Waals surface area (Å²) in [7, 11) is 0. The topological polar surface area (TPSA) is 45.6 Å². The molecule has 0 aliphatic carbocycles. The number of likely N-dealkylation sites (tertiary alicyclic amines) is 2. The van der Waals surface area contributed by atoms with Gasteiger partial charge < -0.3 is 9.47 Å². The number of hydrogen-bond donors (Lipinski definition) is 0. The van der Waals surface area contributed by atoms with Gasteiger partial charge in [-0.2, -0.15) is 11.8 Å². The zero-order valence-electron chi connectivity index (χ0n) is 16.9. The van der Waals surface area contributed by atoms with Crippen molar-refractivity contribution >= 4 is 17.7 Å². The number of thioether (sulfide) groups is 1. The molecule has 4 aliphatic rings. The number of halogens is 1. The van der Waals surface area contributed by atoms with E-state index in [-0.39, 0.29) is 17.0 Å². The SMILES string of the molecule is O=C(c1ccc2n(c1=O)C[C@H]1C[C@@H]2CN(C2CCSCC2)C1)N1CCC(F)CC1. The van der Waals surface area contributed by atoms with Gasteiger partial charge in [-0.3, -0.25) is 14.5 Å². The van der Waals surface area contributed by atoms with Crippen molar-refractivity contribution in [1.82, 2.24) is 14.4 Å². The van der Waals surface area contributed by atoms with Gasteiger partial charge in [0.25, 0.3) is 11.5 Å². The van der Waals surface area contributed by atoms with Crippen molar-refractivity contribution < 1.29 is 9.18 Å². The molecule has 3 saturated heterocycles. The third kappa shape index (κ3) is 3.76. The van der Waals surface area contributed by atoms with Crippen LogP contribution in [0.3, 0.4) is 0 Å². The van der Waals surface area contributed by atoms with Crippen LogP contribution >= 0.6 is 11.8 Å². The molecule has 5 rings (SSSR count). The van der Waals surface area contributed by atoms with E-state index in [2.05, 4.69) is 16.7 Å². The van der Waals surface area contributed by atoms with Gasteiger partial charge in [0.15, 0.2) is 0 Å². The Morgan fingerprint density at radius 2 is 1.79 bits per heavy atom. The number of carbonyl (C=O) groups is 1. The maximum Gasteiger partial charge on any atom is 0.263 e. The van der Waals surface area contributed by atoms with Crippen LogP contribution in [0.4, 0.5) is 4.39 Å². The highest BCUT2D eigenvalue weighted by molar-refractivity contribution is 7.99. The molecule has 7 heteroatoms. The predicted molar refractivity (Wildman–Crippen MR) is 114 cm³/mol. The van der Waals surface area contributed by atoms with Gasteiger partial charge in [-0.25, -0.2) is 4.39 Å². The van der Waals surface area contributed by atoms with Gasteiger partial charge in [-0.1, -0.05) is 0 Å². The molecule has 0 spiro atoms. The van der Waals surface area contributed by atoms with E-state index in [1.54, 1.807) is 11.0 Å². The minimum atomic E-state index is -0.825. The second-order valence-corrected chi connectivity index (χ2v) is 10.4. The molecule has 2 atom stereocenters. The second kappa shape index (κ2) is 8.06. The lowest BCUT2D eigenvalue weighted by atomic mass is 9.82. The van der Waals surface area contributed by atoms with Crippen molar-refractivity contribution in [3.05, 3.63) is 33.7 Å². The standard InChI is InChI=1S/C22H30FN3O2S/c23-17-3-7-24(8-4-17)21(27)19-1-2-20-16-11-15(13-26(20)22(19)28)12-25(14-16)18-5-9-29-10-6-18/h1-2,15-18H,3-14H2/t15-,16+/m0/s1. The molecule has 5 nitrogen and oxygen atoms in total. The Balaban J connectivity index is 1.37. The summed E-state index contributed by atoms with van der Waals surface area (Å²) in [5.41, 5.74) is 1.21. The number of nitrogens with zero attached hydrogens (tertiary/aromatic N) is 3. The number of pyridine rings is 1. The Hall–Kier alpha value is -1.34. The Labute approximate surface area is 175 Å². The summed E-state index contributed by atoms with van der Waals surface area (Å²) in [6.07, 6.45) is 3.62. The maximum absolute atomic E-state index is 13.4. The molecule has 0 radical (unpaired) electrons. The fraction of sp³-hybridized carbons (Fsp3) is 0.727. The van der Waals surface area contributed by atoms with Crippen LogP contribution < -0.4 is 5.56 Å². The highest BCUT2D eigenvalue weighted by Crippen LogP contribution is 2.37. The molecule has 1 amide bonds. The molecule has 2 bridgehead atoms. The second-order valence-electron chi connectivity index (χ2n) is 9.15. The molecule has 158 valence electrons. The van der Waals surface area contributed by atoms with Crippen LogP contribution in [0.15, 0.2) is 16.9 Å². The number of amides is 1. The average molecular weight is 420 g/mol. The van der Waals surface area contributed by atoms with Gasteiger partial charge in [-0.15, -0.1) is 0 Å². The van der Waals surface area contributed by atoms with E-state index in [4.69, 9.17) is 0 Å². The van der Waals surface area contributed by atoms with Gasteiger partial charge in [0.2, 0.25) is 0 Å². The number of alkyl halides is 1. The minimum absolute atomic E-state index is 0.146. The van der Waals surface area contributed by atoms with Gasteiger partial charge in [0.1, 0.15) is 11.7 Å². The van der Waals surface area contributed by atoms with Gasteiger partial charge in [-0.05, 0) is 61.7 Å². The minimum Gasteiger partial charge on any atom is -0.338 e. The molecule has 0 N–H and O–H groups in total. The number of piperidine rings is 2. The Morgan fingerprint density at radius 1 is 1.03 bits per heavy atom. The molecule has 1 aromatic rings. The summed E-state index contributed by atoms with van der Waals surface area (Å²) in [5.74, 6) is 3.17.